The van der Waals surface area contributed by atoms with Crippen LogP contribution in [0.1, 0.15) is 17.3 Å². The maximum Gasteiger partial charge on any atom is 0.230 e. The maximum atomic E-state index is 13.8. The summed E-state index contributed by atoms with van der Waals surface area (Å²) in [5.41, 5.74) is 0.501. The van der Waals surface area contributed by atoms with Gasteiger partial charge in [-0.15, -0.1) is 10.2 Å². The number of aliphatic hydroxyl groups is 1. The number of benzene rings is 1. The van der Waals surface area contributed by atoms with E-state index in [4.69, 9.17) is 4.42 Å². The van der Waals surface area contributed by atoms with Gasteiger partial charge in [-0.25, -0.2) is 4.39 Å². The van der Waals surface area contributed by atoms with Gasteiger partial charge in [0.2, 0.25) is 11.8 Å². The number of halogens is 1. The highest BCUT2D eigenvalue weighted by atomic mass is 19.1. The molecule has 2 aromatic rings. The molecule has 126 valence electrons. The third-order valence-corrected chi connectivity index (χ3v) is 4.22. The summed E-state index contributed by atoms with van der Waals surface area (Å²) >= 11 is 0. The second kappa shape index (κ2) is 6.55. The van der Waals surface area contributed by atoms with Gasteiger partial charge in [-0.3, -0.25) is 4.90 Å². The molecule has 0 aliphatic carbocycles. The number of aliphatic hydroxyl groups excluding tert-OH is 1. The summed E-state index contributed by atoms with van der Waals surface area (Å²) in [5.74, 6) is 0.414. The van der Waals surface area contributed by atoms with E-state index in [1.165, 1.54) is 6.07 Å². The number of β-amino-alcohol motifs (C(OH)–C–C–N with tert-alkyl or cyclic N) is 1. The van der Waals surface area contributed by atoms with E-state index in [1.807, 2.05) is 22.9 Å². The first-order valence-electron chi connectivity index (χ1n) is 7.60. The number of hydrogen-bond donors (Lipinski definition) is 1. The van der Waals surface area contributed by atoms with Gasteiger partial charge in [-0.1, -0.05) is 6.07 Å². The molecule has 0 radical (unpaired) electrons. The summed E-state index contributed by atoms with van der Waals surface area (Å²) in [6.45, 7) is 2.93. The lowest BCUT2D eigenvalue weighted by Gasteiger charge is -2.25. The molecule has 1 N–H and O–H groups in total. The van der Waals surface area contributed by atoms with E-state index in [2.05, 4.69) is 10.2 Å². The van der Waals surface area contributed by atoms with Gasteiger partial charge in [0.25, 0.3) is 0 Å². The highest BCUT2D eigenvalue weighted by Crippen LogP contribution is 2.28. The molecular formula is C16H18FN5O2. The van der Waals surface area contributed by atoms with Crippen molar-refractivity contribution in [3.63, 3.8) is 0 Å². The van der Waals surface area contributed by atoms with Crippen molar-refractivity contribution >= 4 is 5.69 Å². The van der Waals surface area contributed by atoms with Crippen LogP contribution in [-0.2, 0) is 6.54 Å². The Bertz CT molecular complexity index is 772. The van der Waals surface area contributed by atoms with Gasteiger partial charge in [-0.05, 0) is 19.2 Å². The van der Waals surface area contributed by atoms with Crippen LogP contribution in [0.5, 0.6) is 0 Å². The molecule has 0 saturated carbocycles. The van der Waals surface area contributed by atoms with Gasteiger partial charge >= 0.3 is 0 Å². The molecule has 1 fully saturated rings. The van der Waals surface area contributed by atoms with Crippen LogP contribution in [0.2, 0.25) is 0 Å². The second-order valence-electron chi connectivity index (χ2n) is 5.92. The average Bonchev–Trinajstić information content (AvgIpc) is 3.12. The van der Waals surface area contributed by atoms with Gasteiger partial charge in [0.05, 0.1) is 24.4 Å². The maximum absolute atomic E-state index is 13.8. The van der Waals surface area contributed by atoms with Crippen LogP contribution in [0.3, 0.4) is 0 Å². The Labute approximate surface area is 138 Å². The molecule has 2 atom stereocenters. The van der Waals surface area contributed by atoms with Crippen LogP contribution in [0, 0.1) is 24.1 Å². The standard InChI is InChI=1S/C16H18FN5O2/c1-10-19-20-16(24-10)9-21(2)14-7-22(8-15(14)23)13-5-3-4-12(17)11(13)6-18/h3-5,14-15,23H,7-9H2,1-2H3/t14-,15-/m1/s1. The van der Waals surface area contributed by atoms with Gasteiger partial charge in [0.1, 0.15) is 17.4 Å². The molecule has 1 aromatic carbocycles. The zero-order valence-corrected chi connectivity index (χ0v) is 13.5. The predicted octanol–water partition coefficient (Wildman–Crippen LogP) is 1.07. The lowest BCUT2D eigenvalue weighted by molar-refractivity contribution is 0.0903. The Morgan fingerprint density at radius 3 is 2.92 bits per heavy atom. The molecule has 0 amide bonds. The third kappa shape index (κ3) is 3.09. The zero-order chi connectivity index (χ0) is 17.3. The van der Waals surface area contributed by atoms with Crippen LogP contribution in [0.25, 0.3) is 0 Å². The van der Waals surface area contributed by atoms with Crippen LogP contribution in [-0.4, -0.2) is 52.5 Å². The van der Waals surface area contributed by atoms with E-state index in [-0.39, 0.29) is 11.6 Å². The zero-order valence-electron chi connectivity index (χ0n) is 13.5. The first kappa shape index (κ1) is 16.4. The Morgan fingerprint density at radius 1 is 1.46 bits per heavy atom. The summed E-state index contributed by atoms with van der Waals surface area (Å²) in [5, 5.41) is 27.3. The van der Waals surface area contributed by atoms with Crippen molar-refractivity contribution in [3.8, 4) is 6.07 Å². The minimum atomic E-state index is -0.631. The molecule has 1 aliphatic rings. The SMILES string of the molecule is Cc1nnc(CN(C)[C@@H]2CN(c3cccc(F)c3C#N)C[C@H]2O)o1. The molecule has 7 nitrogen and oxygen atoms in total. The van der Waals surface area contributed by atoms with Crippen molar-refractivity contribution in [3.05, 3.63) is 41.4 Å². The molecule has 1 aromatic heterocycles. The average molecular weight is 331 g/mol. The summed E-state index contributed by atoms with van der Waals surface area (Å²) in [4.78, 5) is 3.75. The summed E-state index contributed by atoms with van der Waals surface area (Å²) in [6.07, 6.45) is -0.631. The second-order valence-corrected chi connectivity index (χ2v) is 5.92. The fraction of sp³-hybridized carbons (Fsp3) is 0.438. The third-order valence-electron chi connectivity index (χ3n) is 4.22. The monoisotopic (exact) mass is 331 g/mol. The van der Waals surface area contributed by atoms with Crippen LogP contribution in [0.15, 0.2) is 22.6 Å². The Balaban J connectivity index is 1.75. The van der Waals surface area contributed by atoms with Crippen molar-refractivity contribution < 1.29 is 13.9 Å². The van der Waals surface area contributed by atoms with E-state index in [9.17, 15) is 14.8 Å². The van der Waals surface area contributed by atoms with Crippen molar-refractivity contribution in [2.45, 2.75) is 25.6 Å². The Kier molecular flexibility index (Phi) is 4.46. The first-order chi connectivity index (χ1) is 11.5. The molecule has 2 heterocycles. The number of nitriles is 1. The molecular weight excluding hydrogens is 313 g/mol. The van der Waals surface area contributed by atoms with Crippen LogP contribution < -0.4 is 4.90 Å². The highest BCUT2D eigenvalue weighted by Gasteiger charge is 2.35. The molecule has 24 heavy (non-hydrogen) atoms. The molecule has 1 aliphatic heterocycles. The molecule has 3 rings (SSSR count). The number of aromatic nitrogens is 2. The highest BCUT2D eigenvalue weighted by molar-refractivity contribution is 5.60. The smallest absolute Gasteiger partial charge is 0.230 e. The molecule has 1 saturated heterocycles. The molecule has 0 bridgehead atoms. The van der Waals surface area contributed by atoms with Crippen LogP contribution >= 0.6 is 0 Å². The van der Waals surface area contributed by atoms with Gasteiger partial charge in [0.15, 0.2) is 0 Å². The fourth-order valence-corrected chi connectivity index (χ4v) is 3.02. The number of nitrogens with zero attached hydrogens (tertiary/aromatic N) is 5. The lowest BCUT2D eigenvalue weighted by atomic mass is 10.1. The van der Waals surface area contributed by atoms with E-state index >= 15 is 0 Å². The number of likely N-dealkylation sites (N-methyl/N-ethyl adjacent to an activating group) is 1. The quantitative estimate of drug-likeness (QED) is 0.896. The largest absolute Gasteiger partial charge is 0.424 e. The number of rotatable bonds is 4. The molecule has 8 heteroatoms. The predicted molar refractivity (Wildman–Crippen MR) is 83.6 cm³/mol. The van der Waals surface area contributed by atoms with E-state index in [0.717, 1.165) is 0 Å². The van der Waals surface area contributed by atoms with Crippen molar-refractivity contribution in [2.24, 2.45) is 0 Å². The fourth-order valence-electron chi connectivity index (χ4n) is 3.02. The number of hydrogen-bond acceptors (Lipinski definition) is 7. The van der Waals surface area contributed by atoms with E-state index in [0.29, 0.717) is 37.1 Å². The minimum absolute atomic E-state index is 0.000490. The van der Waals surface area contributed by atoms with Crippen molar-refractivity contribution in [2.75, 3.05) is 25.0 Å². The van der Waals surface area contributed by atoms with Gasteiger partial charge in [-0.2, -0.15) is 5.26 Å². The Hall–Kier alpha value is -2.50. The summed E-state index contributed by atoms with van der Waals surface area (Å²) in [6, 6.07) is 6.23. The minimum Gasteiger partial charge on any atom is -0.424 e. The molecule has 0 unspecified atom stereocenters. The van der Waals surface area contributed by atoms with Crippen molar-refractivity contribution in [1.29, 1.82) is 5.26 Å². The molecule has 0 spiro atoms. The summed E-state index contributed by atoms with van der Waals surface area (Å²) < 4.78 is 19.2. The van der Waals surface area contributed by atoms with E-state index in [1.54, 1.807) is 19.1 Å². The van der Waals surface area contributed by atoms with Crippen LogP contribution in [0.4, 0.5) is 10.1 Å². The number of anilines is 1. The first-order valence-corrected chi connectivity index (χ1v) is 7.60. The Morgan fingerprint density at radius 2 is 2.25 bits per heavy atom. The van der Waals surface area contributed by atoms with Crippen molar-refractivity contribution in [1.82, 2.24) is 15.1 Å². The summed E-state index contributed by atoms with van der Waals surface area (Å²) in [7, 11) is 1.85. The lowest BCUT2D eigenvalue weighted by Crippen LogP contribution is -2.40. The van der Waals surface area contributed by atoms with Gasteiger partial charge in [0, 0.05) is 20.0 Å². The van der Waals surface area contributed by atoms with Gasteiger partial charge < -0.3 is 14.4 Å². The number of aryl methyl sites for hydroxylation is 1. The normalized spacial score (nSPS) is 20.6. The topological polar surface area (TPSA) is 89.4 Å². The van der Waals surface area contributed by atoms with E-state index < -0.39 is 11.9 Å².